The third-order valence-corrected chi connectivity index (χ3v) is 2.70. The lowest BCUT2D eigenvalue weighted by Gasteiger charge is -2.02. The zero-order chi connectivity index (χ0) is 11.4. The van der Waals surface area contributed by atoms with Crippen molar-refractivity contribution in [3.05, 3.63) is 60.2 Å². The molecule has 0 bridgehead atoms. The van der Waals surface area contributed by atoms with E-state index in [4.69, 9.17) is 0 Å². The fraction of sp³-hybridized carbons (Fsp3) is 0. The van der Waals surface area contributed by atoms with Gasteiger partial charge in [0.1, 0.15) is 0 Å². The Kier molecular flexibility index (Phi) is 3.56. The molecule has 0 atom stereocenters. The second kappa shape index (κ2) is 5.12. The number of hydrogen-bond donors (Lipinski definition) is 0. The van der Waals surface area contributed by atoms with Gasteiger partial charge in [0.15, 0.2) is 23.0 Å². The highest BCUT2D eigenvalue weighted by Crippen LogP contribution is 2.19. The predicted octanol–water partition coefficient (Wildman–Crippen LogP) is 3.86. The van der Waals surface area contributed by atoms with Gasteiger partial charge < -0.3 is 3.07 Å². The molecule has 16 heavy (non-hydrogen) atoms. The highest BCUT2D eigenvalue weighted by molar-refractivity contribution is 14.1. The second-order valence-corrected chi connectivity index (χ2v) is 3.75. The quantitative estimate of drug-likeness (QED) is 0.784. The van der Waals surface area contributed by atoms with Gasteiger partial charge in [-0.25, -0.2) is 4.79 Å². The summed E-state index contributed by atoms with van der Waals surface area (Å²) in [5, 5.41) is 0. The van der Waals surface area contributed by atoms with E-state index in [2.05, 4.69) is 3.07 Å². The minimum Gasteiger partial charge on any atom is -0.391 e. The van der Waals surface area contributed by atoms with Crippen LogP contribution in [0.3, 0.4) is 0 Å². The number of halogens is 1. The fourth-order valence-electron chi connectivity index (χ4n) is 1.47. The van der Waals surface area contributed by atoms with Crippen LogP contribution in [0.15, 0.2) is 54.6 Å². The average Bonchev–Trinajstić information content (AvgIpc) is 2.39. The summed E-state index contributed by atoms with van der Waals surface area (Å²) in [7, 11) is 0. The van der Waals surface area contributed by atoms with Crippen molar-refractivity contribution in [1.82, 2.24) is 0 Å². The van der Waals surface area contributed by atoms with Gasteiger partial charge in [0.05, 0.1) is 5.56 Å². The molecular weight excluding hydrogens is 315 g/mol. The molecule has 0 unspecified atom stereocenters. The maximum Gasteiger partial charge on any atom is 0.347 e. The van der Waals surface area contributed by atoms with Crippen molar-refractivity contribution in [3.8, 4) is 11.1 Å². The zero-order valence-electron chi connectivity index (χ0n) is 8.39. The molecule has 0 heterocycles. The van der Waals surface area contributed by atoms with Crippen molar-refractivity contribution in [1.29, 1.82) is 0 Å². The third-order valence-electron chi connectivity index (χ3n) is 2.30. The van der Waals surface area contributed by atoms with Gasteiger partial charge in [-0.2, -0.15) is 0 Å². The molecule has 2 aromatic carbocycles. The Morgan fingerprint density at radius 3 is 2.00 bits per heavy atom. The number of hydrogen-bond acceptors (Lipinski definition) is 2. The van der Waals surface area contributed by atoms with Gasteiger partial charge in [-0.15, -0.1) is 0 Å². The molecule has 0 radical (unpaired) electrons. The van der Waals surface area contributed by atoms with Crippen LogP contribution in [-0.4, -0.2) is 5.97 Å². The summed E-state index contributed by atoms with van der Waals surface area (Å²) in [4.78, 5) is 11.2. The van der Waals surface area contributed by atoms with Crippen LogP contribution in [-0.2, 0) is 3.07 Å². The first-order chi connectivity index (χ1) is 7.81. The van der Waals surface area contributed by atoms with E-state index in [9.17, 15) is 4.79 Å². The Labute approximate surface area is 108 Å². The van der Waals surface area contributed by atoms with Crippen molar-refractivity contribution < 1.29 is 7.86 Å². The van der Waals surface area contributed by atoms with Crippen LogP contribution in [0.2, 0.25) is 0 Å². The maximum absolute atomic E-state index is 11.2. The van der Waals surface area contributed by atoms with Gasteiger partial charge in [-0.1, -0.05) is 42.5 Å². The highest BCUT2D eigenvalue weighted by atomic mass is 127. The van der Waals surface area contributed by atoms with Gasteiger partial charge >= 0.3 is 5.97 Å². The SMILES string of the molecule is O=C(OI)c1ccc(-c2ccccc2)cc1. The van der Waals surface area contributed by atoms with E-state index in [0.29, 0.717) is 5.56 Å². The molecule has 0 saturated carbocycles. The van der Waals surface area contributed by atoms with Gasteiger partial charge in [0.2, 0.25) is 0 Å². The standard InChI is InChI=1S/C13H9IO2/c14-16-13(15)12-8-6-11(7-9-12)10-4-2-1-3-5-10/h1-9H. The van der Waals surface area contributed by atoms with E-state index >= 15 is 0 Å². The summed E-state index contributed by atoms with van der Waals surface area (Å²) >= 11 is 1.59. The first-order valence-corrected chi connectivity index (χ1v) is 5.68. The van der Waals surface area contributed by atoms with E-state index in [0.717, 1.165) is 11.1 Å². The molecule has 0 aliphatic heterocycles. The summed E-state index contributed by atoms with van der Waals surface area (Å²) in [6.07, 6.45) is 0. The molecule has 80 valence electrons. The topological polar surface area (TPSA) is 26.3 Å². The number of benzene rings is 2. The van der Waals surface area contributed by atoms with Crippen LogP contribution in [0.4, 0.5) is 0 Å². The lowest BCUT2D eigenvalue weighted by atomic mass is 10.0. The second-order valence-electron chi connectivity index (χ2n) is 3.31. The lowest BCUT2D eigenvalue weighted by molar-refractivity contribution is 0.0800. The first kappa shape index (κ1) is 11.1. The first-order valence-electron chi connectivity index (χ1n) is 4.79. The fourth-order valence-corrected chi connectivity index (χ4v) is 1.73. The molecule has 0 spiro atoms. The van der Waals surface area contributed by atoms with Gasteiger partial charge in [-0.3, -0.25) is 0 Å². The normalized spacial score (nSPS) is 9.81. The minimum atomic E-state index is -0.319. The maximum atomic E-state index is 11.2. The summed E-state index contributed by atoms with van der Waals surface area (Å²) in [5.41, 5.74) is 2.79. The summed E-state index contributed by atoms with van der Waals surface area (Å²) in [6.45, 7) is 0. The Morgan fingerprint density at radius 2 is 1.44 bits per heavy atom. The Balaban J connectivity index is 2.30. The van der Waals surface area contributed by atoms with Gasteiger partial charge in [-0.05, 0) is 23.3 Å². The molecule has 2 rings (SSSR count). The molecule has 0 aliphatic rings. The largest absolute Gasteiger partial charge is 0.391 e. The lowest BCUT2D eigenvalue weighted by Crippen LogP contribution is -1.96. The minimum absolute atomic E-state index is 0.319. The predicted molar refractivity (Wildman–Crippen MR) is 71.3 cm³/mol. The van der Waals surface area contributed by atoms with Gasteiger partial charge in [0.25, 0.3) is 0 Å². The van der Waals surface area contributed by atoms with E-state index in [-0.39, 0.29) is 5.97 Å². The molecule has 0 fully saturated rings. The molecule has 0 saturated heterocycles. The Morgan fingerprint density at radius 1 is 0.875 bits per heavy atom. The Bertz CT molecular complexity index is 477. The number of rotatable bonds is 2. The molecule has 2 nitrogen and oxygen atoms in total. The van der Waals surface area contributed by atoms with Crippen LogP contribution in [0.5, 0.6) is 0 Å². The average molecular weight is 324 g/mol. The monoisotopic (exact) mass is 324 g/mol. The molecule has 3 heteroatoms. The van der Waals surface area contributed by atoms with Crippen LogP contribution >= 0.6 is 23.0 Å². The van der Waals surface area contributed by atoms with Gasteiger partial charge in [0, 0.05) is 0 Å². The smallest absolute Gasteiger partial charge is 0.347 e. The molecule has 0 N–H and O–H groups in total. The van der Waals surface area contributed by atoms with Crippen LogP contribution in [0, 0.1) is 0 Å². The van der Waals surface area contributed by atoms with Crippen molar-refractivity contribution in [2.45, 2.75) is 0 Å². The number of carbonyl (C=O) groups excluding carboxylic acids is 1. The van der Waals surface area contributed by atoms with E-state index in [1.165, 1.54) is 0 Å². The Hall–Kier alpha value is -1.36. The summed E-state index contributed by atoms with van der Waals surface area (Å²) < 4.78 is 4.61. The van der Waals surface area contributed by atoms with Crippen LogP contribution < -0.4 is 0 Å². The number of carbonyl (C=O) groups is 1. The van der Waals surface area contributed by atoms with E-state index in [1.54, 1.807) is 35.1 Å². The zero-order valence-corrected chi connectivity index (χ0v) is 10.5. The van der Waals surface area contributed by atoms with Crippen molar-refractivity contribution in [3.63, 3.8) is 0 Å². The molecule has 0 aliphatic carbocycles. The third kappa shape index (κ3) is 2.41. The molecule has 0 amide bonds. The molecule has 2 aromatic rings. The molecular formula is C13H9IO2. The summed E-state index contributed by atoms with van der Waals surface area (Å²) in [6, 6.07) is 17.4. The van der Waals surface area contributed by atoms with E-state index in [1.807, 2.05) is 42.5 Å². The van der Waals surface area contributed by atoms with Crippen molar-refractivity contribution >= 4 is 29.0 Å². The summed E-state index contributed by atoms with van der Waals surface area (Å²) in [5.74, 6) is -0.319. The van der Waals surface area contributed by atoms with Crippen LogP contribution in [0.25, 0.3) is 11.1 Å². The highest BCUT2D eigenvalue weighted by Gasteiger charge is 2.05. The van der Waals surface area contributed by atoms with Crippen LogP contribution in [0.1, 0.15) is 10.4 Å². The van der Waals surface area contributed by atoms with E-state index < -0.39 is 0 Å². The van der Waals surface area contributed by atoms with Crippen molar-refractivity contribution in [2.24, 2.45) is 0 Å². The molecule has 0 aromatic heterocycles. The van der Waals surface area contributed by atoms with Crippen molar-refractivity contribution in [2.75, 3.05) is 0 Å².